The van der Waals surface area contributed by atoms with Crippen molar-refractivity contribution in [2.24, 2.45) is 0 Å². The number of carbonyl (C=O) groups excluding carboxylic acids is 1. The minimum Gasteiger partial charge on any atom is -0.387 e. The van der Waals surface area contributed by atoms with E-state index in [2.05, 4.69) is 10.3 Å². The first-order chi connectivity index (χ1) is 8.65. The Morgan fingerprint density at radius 3 is 3.00 bits per heavy atom. The summed E-state index contributed by atoms with van der Waals surface area (Å²) in [5, 5.41) is 3.05. The van der Waals surface area contributed by atoms with Crippen LogP contribution in [-0.2, 0) is 4.74 Å². The quantitative estimate of drug-likeness (QED) is 0.877. The average molecular weight is 249 g/mol. The maximum atomic E-state index is 12.4. The number of amides is 1. The molecule has 98 valence electrons. The number of hydrogen-bond acceptors (Lipinski definition) is 4. The van der Waals surface area contributed by atoms with Gasteiger partial charge in [0.05, 0.1) is 17.4 Å². The van der Waals surface area contributed by atoms with Gasteiger partial charge in [-0.05, 0) is 19.4 Å². The molecule has 0 aromatic carbocycles. The van der Waals surface area contributed by atoms with Crippen molar-refractivity contribution in [3.05, 3.63) is 23.5 Å². The minimum atomic E-state index is 0.0198. The maximum Gasteiger partial charge on any atom is 0.257 e. The van der Waals surface area contributed by atoms with Crippen LogP contribution in [0, 0.1) is 6.92 Å². The van der Waals surface area contributed by atoms with E-state index in [1.807, 2.05) is 24.9 Å². The Balaban J connectivity index is 2.19. The molecule has 1 aromatic heterocycles. The Labute approximate surface area is 107 Å². The standard InChI is InChI=1S/C13H19N3O2/c1-9-6-12(14-2)11(7-15-9)13(17)16-5-4-10(8-16)18-3/h6-7,10H,4-5,8H2,1-3H3,(H,14,15). The molecule has 1 atom stereocenters. The summed E-state index contributed by atoms with van der Waals surface area (Å²) in [7, 11) is 3.50. The number of hydrogen-bond donors (Lipinski definition) is 1. The Kier molecular flexibility index (Phi) is 3.81. The van der Waals surface area contributed by atoms with Gasteiger partial charge in [-0.25, -0.2) is 0 Å². The van der Waals surface area contributed by atoms with Crippen LogP contribution in [0.2, 0.25) is 0 Å². The van der Waals surface area contributed by atoms with Crippen molar-refractivity contribution in [1.29, 1.82) is 0 Å². The van der Waals surface area contributed by atoms with Crippen molar-refractivity contribution in [3.63, 3.8) is 0 Å². The van der Waals surface area contributed by atoms with Crippen LogP contribution in [0.25, 0.3) is 0 Å². The highest BCUT2D eigenvalue weighted by Crippen LogP contribution is 2.20. The highest BCUT2D eigenvalue weighted by atomic mass is 16.5. The fourth-order valence-corrected chi connectivity index (χ4v) is 2.21. The van der Waals surface area contributed by atoms with Crippen molar-refractivity contribution >= 4 is 11.6 Å². The number of rotatable bonds is 3. The molecule has 1 fully saturated rings. The number of pyridine rings is 1. The molecule has 5 nitrogen and oxygen atoms in total. The Morgan fingerprint density at radius 2 is 2.39 bits per heavy atom. The molecule has 1 aromatic rings. The van der Waals surface area contributed by atoms with E-state index in [0.717, 1.165) is 24.3 Å². The molecule has 1 aliphatic rings. The smallest absolute Gasteiger partial charge is 0.257 e. The van der Waals surface area contributed by atoms with Crippen molar-refractivity contribution in [3.8, 4) is 0 Å². The lowest BCUT2D eigenvalue weighted by molar-refractivity contribution is 0.0724. The van der Waals surface area contributed by atoms with Gasteiger partial charge in [0.1, 0.15) is 0 Å². The molecule has 0 aliphatic carbocycles. The molecule has 5 heteroatoms. The first-order valence-electron chi connectivity index (χ1n) is 6.12. The van der Waals surface area contributed by atoms with E-state index in [0.29, 0.717) is 12.1 Å². The van der Waals surface area contributed by atoms with Crippen LogP contribution in [0.15, 0.2) is 12.3 Å². The van der Waals surface area contributed by atoms with E-state index in [4.69, 9.17) is 4.74 Å². The van der Waals surface area contributed by atoms with E-state index < -0.39 is 0 Å². The minimum absolute atomic E-state index is 0.0198. The lowest BCUT2D eigenvalue weighted by atomic mass is 10.2. The summed E-state index contributed by atoms with van der Waals surface area (Å²) >= 11 is 0. The summed E-state index contributed by atoms with van der Waals surface area (Å²) in [5.74, 6) is 0.0198. The highest BCUT2D eigenvalue weighted by molar-refractivity contribution is 5.99. The van der Waals surface area contributed by atoms with Crippen LogP contribution < -0.4 is 5.32 Å². The maximum absolute atomic E-state index is 12.4. The third-order valence-corrected chi connectivity index (χ3v) is 3.31. The summed E-state index contributed by atoms with van der Waals surface area (Å²) in [4.78, 5) is 18.4. The fourth-order valence-electron chi connectivity index (χ4n) is 2.21. The number of nitrogens with zero attached hydrogens (tertiary/aromatic N) is 2. The molecular formula is C13H19N3O2. The summed E-state index contributed by atoms with van der Waals surface area (Å²) in [5.41, 5.74) is 2.35. The van der Waals surface area contributed by atoms with E-state index in [1.54, 1.807) is 13.3 Å². The predicted octanol–water partition coefficient (Wildman–Crippen LogP) is 1.29. The number of anilines is 1. The van der Waals surface area contributed by atoms with Gasteiger partial charge in [0.25, 0.3) is 5.91 Å². The predicted molar refractivity (Wildman–Crippen MR) is 69.8 cm³/mol. The SMILES string of the molecule is CNc1cc(C)ncc1C(=O)N1CCC(OC)C1. The van der Waals surface area contributed by atoms with Gasteiger partial charge in [-0.1, -0.05) is 0 Å². The summed E-state index contributed by atoms with van der Waals surface area (Å²) < 4.78 is 5.28. The molecule has 2 rings (SSSR count). The van der Waals surface area contributed by atoms with E-state index in [1.165, 1.54) is 0 Å². The van der Waals surface area contributed by atoms with E-state index >= 15 is 0 Å². The average Bonchev–Trinajstić information content (AvgIpc) is 2.86. The zero-order valence-electron chi connectivity index (χ0n) is 11.1. The van der Waals surface area contributed by atoms with Gasteiger partial charge < -0.3 is 15.0 Å². The van der Waals surface area contributed by atoms with Crippen LogP contribution in [-0.4, -0.2) is 49.1 Å². The second-order valence-corrected chi connectivity index (χ2v) is 4.52. The Hall–Kier alpha value is -1.62. The molecular weight excluding hydrogens is 230 g/mol. The number of likely N-dealkylation sites (tertiary alicyclic amines) is 1. The summed E-state index contributed by atoms with van der Waals surface area (Å²) in [6, 6.07) is 1.89. The topological polar surface area (TPSA) is 54.5 Å². The van der Waals surface area contributed by atoms with Crippen LogP contribution in [0.1, 0.15) is 22.5 Å². The van der Waals surface area contributed by atoms with Gasteiger partial charge in [-0.15, -0.1) is 0 Å². The van der Waals surface area contributed by atoms with Crippen LogP contribution in [0.3, 0.4) is 0 Å². The number of aromatic nitrogens is 1. The Morgan fingerprint density at radius 1 is 1.61 bits per heavy atom. The molecule has 18 heavy (non-hydrogen) atoms. The van der Waals surface area contributed by atoms with E-state index in [-0.39, 0.29) is 12.0 Å². The summed E-state index contributed by atoms with van der Waals surface area (Å²) in [6.45, 7) is 3.31. The van der Waals surface area contributed by atoms with Crippen molar-refractivity contribution in [2.45, 2.75) is 19.4 Å². The normalized spacial score (nSPS) is 19.1. The number of carbonyl (C=O) groups is 1. The van der Waals surface area contributed by atoms with Crippen LogP contribution in [0.4, 0.5) is 5.69 Å². The molecule has 0 bridgehead atoms. The summed E-state index contributed by atoms with van der Waals surface area (Å²) in [6.07, 6.45) is 2.70. The number of methoxy groups -OCH3 is 1. The number of nitrogens with one attached hydrogen (secondary N) is 1. The van der Waals surface area contributed by atoms with Gasteiger partial charge in [0.2, 0.25) is 0 Å². The zero-order valence-corrected chi connectivity index (χ0v) is 11.1. The monoisotopic (exact) mass is 249 g/mol. The van der Waals surface area contributed by atoms with Gasteiger partial charge in [-0.3, -0.25) is 9.78 Å². The highest BCUT2D eigenvalue weighted by Gasteiger charge is 2.28. The largest absolute Gasteiger partial charge is 0.387 e. The van der Waals surface area contributed by atoms with Crippen LogP contribution in [0.5, 0.6) is 0 Å². The molecule has 1 unspecified atom stereocenters. The van der Waals surface area contributed by atoms with Crippen molar-refractivity contribution in [1.82, 2.24) is 9.88 Å². The first-order valence-corrected chi connectivity index (χ1v) is 6.12. The zero-order chi connectivity index (χ0) is 13.1. The molecule has 1 saturated heterocycles. The van der Waals surface area contributed by atoms with Gasteiger partial charge in [-0.2, -0.15) is 0 Å². The molecule has 0 spiro atoms. The second kappa shape index (κ2) is 5.35. The Bertz CT molecular complexity index is 448. The second-order valence-electron chi connectivity index (χ2n) is 4.52. The molecule has 2 heterocycles. The van der Waals surface area contributed by atoms with Gasteiger partial charge in [0, 0.05) is 39.1 Å². The molecule has 1 aliphatic heterocycles. The molecule has 0 saturated carbocycles. The fraction of sp³-hybridized carbons (Fsp3) is 0.538. The lowest BCUT2D eigenvalue weighted by Crippen LogP contribution is -2.30. The molecule has 1 N–H and O–H groups in total. The molecule has 0 radical (unpaired) electrons. The van der Waals surface area contributed by atoms with Gasteiger partial charge >= 0.3 is 0 Å². The number of aryl methyl sites for hydroxylation is 1. The third kappa shape index (κ3) is 2.46. The van der Waals surface area contributed by atoms with Crippen LogP contribution >= 0.6 is 0 Å². The number of ether oxygens (including phenoxy) is 1. The van der Waals surface area contributed by atoms with E-state index in [9.17, 15) is 4.79 Å². The van der Waals surface area contributed by atoms with Crippen molar-refractivity contribution in [2.75, 3.05) is 32.6 Å². The molecule has 1 amide bonds. The lowest BCUT2D eigenvalue weighted by Gasteiger charge is -2.18. The van der Waals surface area contributed by atoms with Gasteiger partial charge in [0.15, 0.2) is 0 Å². The third-order valence-electron chi connectivity index (χ3n) is 3.31. The first kappa shape index (κ1) is 12.8. The van der Waals surface area contributed by atoms with Crippen molar-refractivity contribution < 1.29 is 9.53 Å².